The molecule has 28 heavy (non-hydrogen) atoms. The second-order valence-corrected chi connectivity index (χ2v) is 9.50. The summed E-state index contributed by atoms with van der Waals surface area (Å²) in [7, 11) is 3.62. The number of carbonyl (C=O) groups is 1. The molecule has 0 radical (unpaired) electrons. The molecular formula is C20H36N6OS. The van der Waals surface area contributed by atoms with E-state index in [9.17, 15) is 4.79 Å². The number of hydrogen-bond acceptors (Lipinski definition) is 5. The van der Waals surface area contributed by atoms with E-state index >= 15 is 0 Å². The van der Waals surface area contributed by atoms with Gasteiger partial charge in [0.05, 0.1) is 18.8 Å². The third kappa shape index (κ3) is 7.05. The number of piperidine rings is 1. The highest BCUT2D eigenvalue weighted by molar-refractivity contribution is 7.09. The first-order chi connectivity index (χ1) is 13.2. The van der Waals surface area contributed by atoms with Gasteiger partial charge in [-0.3, -0.25) is 9.69 Å². The van der Waals surface area contributed by atoms with Crippen LogP contribution in [0.1, 0.15) is 51.2 Å². The molecule has 0 saturated carbocycles. The summed E-state index contributed by atoms with van der Waals surface area (Å²) in [6, 6.07) is 0.380. The molecular weight excluding hydrogens is 372 g/mol. The van der Waals surface area contributed by atoms with Crippen molar-refractivity contribution < 1.29 is 4.79 Å². The number of rotatable bonds is 6. The Labute approximate surface area is 173 Å². The van der Waals surface area contributed by atoms with Crippen LogP contribution in [-0.4, -0.2) is 73.0 Å². The minimum Gasteiger partial charge on any atom is -0.357 e. The third-order valence-corrected chi connectivity index (χ3v) is 5.66. The number of nitrogens with zero attached hydrogens (tertiary/aromatic N) is 4. The van der Waals surface area contributed by atoms with Gasteiger partial charge in [-0.05, 0) is 19.8 Å². The molecule has 2 N–H and O–H groups in total. The fourth-order valence-corrected chi connectivity index (χ4v) is 3.90. The number of likely N-dealkylation sites (N-methyl/N-ethyl adjacent to an activating group) is 1. The molecule has 0 atom stereocenters. The van der Waals surface area contributed by atoms with Crippen LogP contribution in [-0.2, 0) is 16.8 Å². The molecule has 1 saturated heterocycles. The predicted molar refractivity (Wildman–Crippen MR) is 117 cm³/mol. The Morgan fingerprint density at radius 2 is 2.04 bits per heavy atom. The van der Waals surface area contributed by atoms with E-state index in [2.05, 4.69) is 48.6 Å². The van der Waals surface area contributed by atoms with Gasteiger partial charge in [-0.2, -0.15) is 0 Å². The molecule has 1 fully saturated rings. The monoisotopic (exact) mass is 408 g/mol. The van der Waals surface area contributed by atoms with Gasteiger partial charge in [-0.25, -0.2) is 9.98 Å². The highest BCUT2D eigenvalue weighted by atomic mass is 32.1. The average molecular weight is 409 g/mol. The summed E-state index contributed by atoms with van der Waals surface area (Å²) < 4.78 is 0. The van der Waals surface area contributed by atoms with Crippen LogP contribution < -0.4 is 10.6 Å². The molecule has 1 aromatic rings. The average Bonchev–Trinajstić information content (AvgIpc) is 3.11. The first-order valence-corrected chi connectivity index (χ1v) is 11.0. The summed E-state index contributed by atoms with van der Waals surface area (Å²) in [4.78, 5) is 25.2. The number of likely N-dealkylation sites (tertiary alicyclic amines) is 1. The molecule has 1 amide bonds. The predicted octanol–water partition coefficient (Wildman–Crippen LogP) is 2.05. The van der Waals surface area contributed by atoms with Crippen LogP contribution in [0.2, 0.25) is 0 Å². The van der Waals surface area contributed by atoms with Crippen molar-refractivity contribution in [2.24, 2.45) is 4.99 Å². The van der Waals surface area contributed by atoms with Gasteiger partial charge >= 0.3 is 0 Å². The smallest absolute Gasteiger partial charge is 0.236 e. The number of nitrogens with one attached hydrogen (secondary N) is 2. The second-order valence-electron chi connectivity index (χ2n) is 8.55. The first kappa shape index (κ1) is 22.6. The van der Waals surface area contributed by atoms with Gasteiger partial charge < -0.3 is 15.5 Å². The third-order valence-electron chi connectivity index (χ3n) is 4.82. The lowest BCUT2D eigenvalue weighted by Gasteiger charge is -2.33. The topological polar surface area (TPSA) is 72.9 Å². The molecule has 158 valence electrons. The number of aliphatic imine (C=N–C) groups is 1. The lowest BCUT2D eigenvalue weighted by atomic mass is 9.93. The SMILES string of the molecule is CCNC(=NCc1nc(C(C)(C)C)cs1)NC1CCN(CC(=O)N(C)C)CC1. The quantitative estimate of drug-likeness (QED) is 0.557. The zero-order valence-corrected chi connectivity index (χ0v) is 19.0. The van der Waals surface area contributed by atoms with E-state index in [1.165, 1.54) is 0 Å². The van der Waals surface area contributed by atoms with Crippen LogP contribution in [0.3, 0.4) is 0 Å². The summed E-state index contributed by atoms with van der Waals surface area (Å²) in [5, 5.41) is 10.1. The minimum absolute atomic E-state index is 0.0726. The maximum Gasteiger partial charge on any atom is 0.236 e. The van der Waals surface area contributed by atoms with Gasteiger partial charge in [0.2, 0.25) is 5.91 Å². The van der Waals surface area contributed by atoms with Crippen molar-refractivity contribution in [3.05, 3.63) is 16.1 Å². The molecule has 1 aromatic heterocycles. The molecule has 7 nitrogen and oxygen atoms in total. The van der Waals surface area contributed by atoms with Crippen molar-refractivity contribution in [3.63, 3.8) is 0 Å². The van der Waals surface area contributed by atoms with Crippen LogP contribution >= 0.6 is 11.3 Å². The van der Waals surface area contributed by atoms with Crippen LogP contribution in [0, 0.1) is 0 Å². The molecule has 8 heteroatoms. The molecule has 2 rings (SSSR count). The number of carbonyl (C=O) groups excluding carboxylic acids is 1. The van der Waals surface area contributed by atoms with Crippen LogP contribution in [0.15, 0.2) is 10.4 Å². The molecule has 0 spiro atoms. The molecule has 1 aliphatic rings. The summed E-state index contributed by atoms with van der Waals surface area (Å²) in [5.41, 5.74) is 1.20. The van der Waals surface area contributed by atoms with Crippen molar-refractivity contribution in [2.45, 2.75) is 58.5 Å². The van der Waals surface area contributed by atoms with Gasteiger partial charge in [0.25, 0.3) is 0 Å². The Hall–Kier alpha value is -1.67. The largest absolute Gasteiger partial charge is 0.357 e. The zero-order chi connectivity index (χ0) is 20.7. The number of amides is 1. The molecule has 0 bridgehead atoms. The standard InChI is InChI=1S/C20H36N6OS/c1-7-21-19(22-12-17-24-16(14-28-17)20(2,3)4)23-15-8-10-26(11-9-15)13-18(27)25(5)6/h14-15H,7-13H2,1-6H3,(H2,21,22,23). The number of thiazole rings is 1. The lowest BCUT2D eigenvalue weighted by Crippen LogP contribution is -2.50. The van der Waals surface area contributed by atoms with Gasteiger partial charge in [-0.15, -0.1) is 11.3 Å². The van der Waals surface area contributed by atoms with Gasteiger partial charge in [-0.1, -0.05) is 20.8 Å². The van der Waals surface area contributed by atoms with Crippen LogP contribution in [0.25, 0.3) is 0 Å². The van der Waals surface area contributed by atoms with E-state index in [1.54, 1.807) is 16.2 Å². The molecule has 0 unspecified atom stereocenters. The first-order valence-electron chi connectivity index (χ1n) is 10.1. The fraction of sp³-hybridized carbons (Fsp3) is 0.750. The molecule has 0 aromatic carbocycles. The Bertz CT molecular complexity index is 656. The van der Waals surface area contributed by atoms with Crippen LogP contribution in [0.5, 0.6) is 0 Å². The Kier molecular flexibility index (Phi) is 8.24. The van der Waals surface area contributed by atoms with E-state index in [0.29, 0.717) is 19.1 Å². The van der Waals surface area contributed by atoms with Crippen molar-refractivity contribution in [2.75, 3.05) is 40.3 Å². The van der Waals surface area contributed by atoms with Gasteiger partial charge in [0.1, 0.15) is 5.01 Å². The van der Waals surface area contributed by atoms with E-state index in [1.807, 2.05) is 14.1 Å². The summed E-state index contributed by atoms with van der Waals surface area (Å²) >= 11 is 1.67. The maximum absolute atomic E-state index is 11.9. The van der Waals surface area contributed by atoms with Crippen molar-refractivity contribution >= 4 is 23.2 Å². The number of hydrogen-bond donors (Lipinski definition) is 2. The number of guanidine groups is 1. The van der Waals surface area contributed by atoms with E-state index in [4.69, 9.17) is 9.98 Å². The molecule has 1 aliphatic heterocycles. The van der Waals surface area contributed by atoms with E-state index in [-0.39, 0.29) is 11.3 Å². The Morgan fingerprint density at radius 3 is 2.57 bits per heavy atom. The summed E-state index contributed by atoms with van der Waals surface area (Å²) in [5.74, 6) is 1.01. The van der Waals surface area contributed by atoms with E-state index < -0.39 is 0 Å². The molecule has 2 heterocycles. The highest BCUT2D eigenvalue weighted by Crippen LogP contribution is 2.24. The minimum atomic E-state index is 0.0726. The second kappa shape index (κ2) is 10.2. The number of aromatic nitrogens is 1. The highest BCUT2D eigenvalue weighted by Gasteiger charge is 2.22. The summed E-state index contributed by atoms with van der Waals surface area (Å²) in [6.07, 6.45) is 2.02. The lowest BCUT2D eigenvalue weighted by molar-refractivity contribution is -0.130. The fourth-order valence-electron chi connectivity index (χ4n) is 2.96. The van der Waals surface area contributed by atoms with E-state index in [0.717, 1.165) is 49.1 Å². The van der Waals surface area contributed by atoms with Crippen molar-refractivity contribution in [1.29, 1.82) is 0 Å². The van der Waals surface area contributed by atoms with Crippen molar-refractivity contribution in [1.82, 2.24) is 25.4 Å². The van der Waals surface area contributed by atoms with Crippen molar-refractivity contribution in [3.8, 4) is 0 Å². The van der Waals surface area contributed by atoms with Gasteiger partial charge in [0, 0.05) is 50.6 Å². The Morgan fingerprint density at radius 1 is 1.36 bits per heavy atom. The summed E-state index contributed by atoms with van der Waals surface area (Å²) in [6.45, 7) is 12.4. The normalized spacial score (nSPS) is 16.9. The Balaban J connectivity index is 1.86. The van der Waals surface area contributed by atoms with Crippen LogP contribution in [0.4, 0.5) is 0 Å². The maximum atomic E-state index is 11.9. The zero-order valence-electron chi connectivity index (χ0n) is 18.2. The molecule has 0 aliphatic carbocycles. The van der Waals surface area contributed by atoms with Gasteiger partial charge in [0.15, 0.2) is 5.96 Å².